The number of carbonyl (C=O) groups is 6. The molecule has 4 rings (SSSR count). The zero-order valence-electron chi connectivity index (χ0n) is 27.7. The quantitative estimate of drug-likeness (QED) is 0.186. The zero-order chi connectivity index (χ0) is 35.3. The normalized spacial score (nSPS) is 34.1. The fourth-order valence-electron chi connectivity index (χ4n) is 5.28. The third-order valence-corrected chi connectivity index (χ3v) is 7.17. The predicted molar refractivity (Wildman–Crippen MR) is 151 cm³/mol. The summed E-state index contributed by atoms with van der Waals surface area (Å²) in [7, 11) is 0. The molecule has 4 saturated heterocycles. The summed E-state index contributed by atoms with van der Waals surface area (Å²) in [5.74, 6) is -8.88. The highest BCUT2D eigenvalue weighted by Crippen LogP contribution is 2.31. The Morgan fingerprint density at radius 2 is 0.479 bits per heavy atom. The van der Waals surface area contributed by atoms with Gasteiger partial charge in [-0.15, -0.1) is 0 Å². The van der Waals surface area contributed by atoms with E-state index in [2.05, 4.69) is 0 Å². The van der Waals surface area contributed by atoms with Crippen molar-refractivity contribution in [3.05, 3.63) is 0 Å². The van der Waals surface area contributed by atoms with Crippen molar-refractivity contribution in [1.82, 2.24) is 0 Å². The molecule has 4 heterocycles. The fraction of sp³-hybridized carbons (Fsp3) is 0.800. The molecular weight excluding hydrogens is 648 g/mol. The number of cyclic esters (lactones) is 6. The third-order valence-electron chi connectivity index (χ3n) is 7.17. The van der Waals surface area contributed by atoms with Gasteiger partial charge in [0.2, 0.25) is 0 Å². The molecule has 0 N–H and O–H groups in total. The molecule has 0 aromatic heterocycles. The summed E-state index contributed by atoms with van der Waals surface area (Å²) < 4.78 is 65.6. The lowest BCUT2D eigenvalue weighted by molar-refractivity contribution is -0.169. The molecule has 0 spiro atoms. The summed E-state index contributed by atoms with van der Waals surface area (Å²) >= 11 is 0. The minimum Gasteiger partial charge on any atom is -0.462 e. The Bertz CT molecular complexity index is 995. The Balaban J connectivity index is 1.42. The average Bonchev–Trinajstić information content (AvgIpc) is 3.56. The van der Waals surface area contributed by atoms with Crippen molar-refractivity contribution >= 4 is 35.8 Å². The van der Waals surface area contributed by atoms with E-state index in [-0.39, 0.29) is 39.6 Å². The van der Waals surface area contributed by atoms with E-state index in [1.807, 2.05) is 0 Å². The number of carbonyl (C=O) groups excluding carboxylic acids is 6. The molecule has 0 bridgehead atoms. The van der Waals surface area contributed by atoms with Gasteiger partial charge in [0, 0.05) is 0 Å². The molecule has 0 unspecified atom stereocenters. The first-order valence-corrected chi connectivity index (χ1v) is 15.4. The maximum atomic E-state index is 12.4. The molecule has 0 saturated carbocycles. The first-order chi connectivity index (χ1) is 22.4. The van der Waals surface area contributed by atoms with Crippen molar-refractivity contribution in [3.8, 4) is 0 Å². The van der Waals surface area contributed by atoms with Gasteiger partial charge in [0.1, 0.15) is 95.5 Å². The zero-order valence-corrected chi connectivity index (χ0v) is 27.7. The van der Waals surface area contributed by atoms with Crippen molar-refractivity contribution < 1.29 is 85.6 Å². The number of hydrogen-bond donors (Lipinski definition) is 0. The second kappa shape index (κ2) is 15.4. The van der Waals surface area contributed by atoms with Crippen LogP contribution in [-0.4, -0.2) is 129 Å². The predicted octanol–water partition coefficient (Wildman–Crippen LogP) is -0.0102. The van der Waals surface area contributed by atoms with Crippen LogP contribution in [0.25, 0.3) is 0 Å². The Morgan fingerprint density at radius 3 is 0.625 bits per heavy atom. The van der Waals surface area contributed by atoms with Crippen LogP contribution >= 0.6 is 0 Å². The van der Waals surface area contributed by atoms with E-state index in [9.17, 15) is 28.8 Å². The highest BCUT2D eigenvalue weighted by atomic mass is 16.8. The van der Waals surface area contributed by atoms with Gasteiger partial charge in [-0.2, -0.15) is 0 Å². The Kier molecular flexibility index (Phi) is 12.0. The van der Waals surface area contributed by atoms with Crippen LogP contribution in [0.2, 0.25) is 0 Å². The second-order valence-electron chi connectivity index (χ2n) is 12.8. The minimum atomic E-state index is -1.11. The molecule has 4 fully saturated rings. The van der Waals surface area contributed by atoms with Crippen molar-refractivity contribution in [2.75, 3.05) is 39.6 Å². The first-order valence-electron chi connectivity index (χ1n) is 15.4. The molecule has 18 nitrogen and oxygen atoms in total. The lowest BCUT2D eigenvalue weighted by atomic mass is 10.2. The minimum absolute atomic E-state index is 0.339. The summed E-state index contributed by atoms with van der Waals surface area (Å²) in [4.78, 5) is 74.3. The lowest BCUT2D eigenvalue weighted by Crippen LogP contribution is -2.35. The van der Waals surface area contributed by atoms with Gasteiger partial charge in [-0.25, -0.2) is 0 Å². The lowest BCUT2D eigenvalue weighted by Gasteiger charge is -2.18. The van der Waals surface area contributed by atoms with Gasteiger partial charge in [0.05, 0.1) is 0 Å². The first kappa shape index (κ1) is 37.4. The molecule has 48 heavy (non-hydrogen) atoms. The van der Waals surface area contributed by atoms with Crippen LogP contribution in [0.1, 0.15) is 60.8 Å². The van der Waals surface area contributed by atoms with Crippen molar-refractivity contribution in [1.29, 1.82) is 0 Å². The number of hydrogen-bond acceptors (Lipinski definition) is 18. The van der Waals surface area contributed by atoms with E-state index in [1.165, 1.54) is 0 Å². The maximum Gasteiger partial charge on any atom is 0.317 e. The van der Waals surface area contributed by atoms with Crippen molar-refractivity contribution in [3.63, 3.8) is 0 Å². The molecule has 4 aliphatic heterocycles. The molecule has 0 radical (unpaired) electrons. The molecule has 6 atom stereocenters. The molecule has 0 aliphatic carbocycles. The molecule has 0 aromatic rings. The Labute approximate surface area is 276 Å². The second-order valence-corrected chi connectivity index (χ2v) is 12.8. The van der Waals surface area contributed by atoms with Gasteiger partial charge in [0.15, 0.2) is 17.4 Å². The highest BCUT2D eigenvalue weighted by molar-refractivity contribution is 5.92. The number of rotatable bonds is 0. The van der Waals surface area contributed by atoms with Crippen LogP contribution in [0.3, 0.4) is 0 Å². The molecule has 0 aromatic carbocycles. The summed E-state index contributed by atoms with van der Waals surface area (Å²) in [6.45, 7) is 7.61. The number of ether oxygens (including phenoxy) is 12. The molecule has 270 valence electrons. The summed E-state index contributed by atoms with van der Waals surface area (Å²) in [6.07, 6.45) is -7.45. The van der Waals surface area contributed by atoms with Crippen LogP contribution in [0.5, 0.6) is 0 Å². The van der Waals surface area contributed by atoms with Gasteiger partial charge < -0.3 is 56.8 Å². The van der Waals surface area contributed by atoms with Crippen LogP contribution < -0.4 is 0 Å². The molecule has 18 heteroatoms. The largest absolute Gasteiger partial charge is 0.462 e. The van der Waals surface area contributed by atoms with E-state index < -0.39 is 109 Å². The van der Waals surface area contributed by atoms with E-state index in [4.69, 9.17) is 56.8 Å². The standard InChI is InChI=1S/C30H42O18/c1-28(2)43-16-10-37-22(31)7-24(33)39-12-18-20(47-29(3,4)45-18)14-41-26(35)9-27(36)42-15-21-19(46-30(5,6)48-21)13-40-25(34)8-23(32)38-11-17(16)44-28/h16-21H,7-15H2,1-6H3/t16-,17-,18-,19-,20-,21-/m1/s1. The van der Waals surface area contributed by atoms with Gasteiger partial charge in [0.25, 0.3) is 0 Å². The Morgan fingerprint density at radius 1 is 0.333 bits per heavy atom. The third kappa shape index (κ3) is 11.3. The van der Waals surface area contributed by atoms with Gasteiger partial charge in [-0.3, -0.25) is 28.8 Å². The van der Waals surface area contributed by atoms with Crippen molar-refractivity contribution in [2.45, 2.75) is 115 Å². The molecular formula is C30H42O18. The van der Waals surface area contributed by atoms with Crippen LogP contribution in [0.4, 0.5) is 0 Å². The highest BCUT2D eigenvalue weighted by Gasteiger charge is 2.45. The monoisotopic (exact) mass is 690 g/mol. The number of esters is 6. The summed E-state index contributed by atoms with van der Waals surface area (Å²) in [5, 5.41) is 0. The topological polar surface area (TPSA) is 213 Å². The van der Waals surface area contributed by atoms with E-state index in [0.29, 0.717) is 0 Å². The molecule has 4 aliphatic rings. The van der Waals surface area contributed by atoms with Crippen LogP contribution in [0, 0.1) is 0 Å². The van der Waals surface area contributed by atoms with E-state index >= 15 is 0 Å². The van der Waals surface area contributed by atoms with Crippen molar-refractivity contribution in [2.24, 2.45) is 0 Å². The summed E-state index contributed by atoms with van der Waals surface area (Å²) in [5.41, 5.74) is 0. The van der Waals surface area contributed by atoms with Gasteiger partial charge in [-0.05, 0) is 41.5 Å². The average molecular weight is 691 g/mol. The van der Waals surface area contributed by atoms with Gasteiger partial charge in [-0.1, -0.05) is 0 Å². The molecule has 0 amide bonds. The van der Waals surface area contributed by atoms with Crippen LogP contribution in [0.15, 0.2) is 0 Å². The van der Waals surface area contributed by atoms with Crippen LogP contribution in [-0.2, 0) is 85.6 Å². The Hall–Kier alpha value is -3.42. The van der Waals surface area contributed by atoms with E-state index in [0.717, 1.165) is 0 Å². The van der Waals surface area contributed by atoms with E-state index in [1.54, 1.807) is 41.5 Å². The number of fused-ring (bicyclic) bond motifs is 3. The summed E-state index contributed by atoms with van der Waals surface area (Å²) in [6, 6.07) is 0. The smallest absolute Gasteiger partial charge is 0.317 e. The van der Waals surface area contributed by atoms with Gasteiger partial charge >= 0.3 is 35.8 Å². The maximum absolute atomic E-state index is 12.4. The SMILES string of the molecule is CC1(C)O[C@@H]2COC(=O)CC(=O)OC[C@H]3OC(C)(C)O[C@@H]3COC(=O)CC(=O)OC[C@H]3OC(C)(C)O[C@@H]3COC(=O)CC(=O)OC[C@H]2O1. The fourth-order valence-corrected chi connectivity index (χ4v) is 5.28.